The van der Waals surface area contributed by atoms with E-state index in [2.05, 4.69) is 15.9 Å². The first-order chi connectivity index (χ1) is 7.04. The van der Waals surface area contributed by atoms with Crippen molar-refractivity contribution in [1.82, 2.24) is 0 Å². The van der Waals surface area contributed by atoms with Gasteiger partial charge in [0.2, 0.25) is 0 Å². The third-order valence-corrected chi connectivity index (χ3v) is 3.31. The molecule has 1 fully saturated rings. The summed E-state index contributed by atoms with van der Waals surface area (Å²) in [5.74, 6) is 0.426. The lowest BCUT2D eigenvalue weighted by Gasteiger charge is -2.14. The molecule has 2 nitrogen and oxygen atoms in total. The van der Waals surface area contributed by atoms with Crippen LogP contribution in [0.4, 0.5) is 4.39 Å². The molecular weight excluding hydrogens is 261 g/mol. The Morgan fingerprint density at radius 2 is 2.20 bits per heavy atom. The summed E-state index contributed by atoms with van der Waals surface area (Å²) in [6.07, 6.45) is 2.68. The lowest BCUT2D eigenvalue weighted by molar-refractivity contribution is 0.403. The lowest BCUT2D eigenvalue weighted by atomic mass is 10.0. The molecule has 0 amide bonds. The van der Waals surface area contributed by atoms with E-state index in [0.29, 0.717) is 16.6 Å². The fourth-order valence-corrected chi connectivity index (χ4v) is 2.33. The monoisotopic (exact) mass is 273 g/mol. The molecule has 0 saturated heterocycles. The van der Waals surface area contributed by atoms with Crippen molar-refractivity contribution in [3.05, 3.63) is 28.0 Å². The number of halogens is 2. The number of ether oxygens (including phenoxy) is 1. The number of hydrogen-bond donors (Lipinski definition) is 1. The van der Waals surface area contributed by atoms with E-state index in [1.165, 1.54) is 12.1 Å². The minimum absolute atomic E-state index is 0.138. The van der Waals surface area contributed by atoms with Crippen LogP contribution in [0.5, 0.6) is 5.75 Å². The average Bonchev–Trinajstić information content (AvgIpc) is 2.82. The standard InChI is InChI=1S/C11H13BrFNO/c1-15-10-7(6-11(14)2-3-11)4-8(13)5-9(10)12/h4-5H,2-3,6,14H2,1H3. The Bertz CT molecular complexity index is 390. The molecule has 0 bridgehead atoms. The number of hydrogen-bond acceptors (Lipinski definition) is 2. The molecule has 0 aliphatic heterocycles. The molecule has 0 aromatic heterocycles. The van der Waals surface area contributed by atoms with Crippen molar-refractivity contribution in [2.45, 2.75) is 24.8 Å². The highest BCUT2D eigenvalue weighted by Gasteiger charge is 2.39. The van der Waals surface area contributed by atoms with Crippen LogP contribution in [0.1, 0.15) is 18.4 Å². The van der Waals surface area contributed by atoms with Gasteiger partial charge in [0.05, 0.1) is 11.6 Å². The predicted octanol–water partition coefficient (Wildman–Crippen LogP) is 2.63. The molecule has 0 radical (unpaired) electrons. The van der Waals surface area contributed by atoms with Gasteiger partial charge < -0.3 is 10.5 Å². The summed E-state index contributed by atoms with van der Waals surface area (Å²) in [7, 11) is 1.58. The average molecular weight is 274 g/mol. The van der Waals surface area contributed by atoms with Crippen molar-refractivity contribution in [3.63, 3.8) is 0 Å². The van der Waals surface area contributed by atoms with E-state index in [4.69, 9.17) is 10.5 Å². The van der Waals surface area contributed by atoms with Crippen LogP contribution in [0.15, 0.2) is 16.6 Å². The Hall–Kier alpha value is -0.610. The van der Waals surface area contributed by atoms with E-state index in [1.54, 1.807) is 7.11 Å². The third kappa shape index (κ3) is 2.32. The first kappa shape index (κ1) is 10.9. The Morgan fingerprint density at radius 1 is 1.53 bits per heavy atom. The zero-order valence-corrected chi connectivity index (χ0v) is 10.1. The Morgan fingerprint density at radius 3 is 2.73 bits per heavy atom. The highest BCUT2D eigenvalue weighted by molar-refractivity contribution is 9.10. The first-order valence-corrected chi connectivity index (χ1v) is 5.64. The van der Waals surface area contributed by atoms with Gasteiger partial charge in [-0.1, -0.05) is 0 Å². The highest BCUT2D eigenvalue weighted by atomic mass is 79.9. The Kier molecular flexibility index (Phi) is 2.73. The summed E-state index contributed by atoms with van der Waals surface area (Å²) in [5, 5.41) is 0. The SMILES string of the molecule is COc1c(Br)cc(F)cc1CC1(N)CC1. The molecule has 4 heteroatoms. The zero-order chi connectivity index (χ0) is 11.1. The molecule has 0 spiro atoms. The maximum atomic E-state index is 13.2. The van der Waals surface area contributed by atoms with E-state index < -0.39 is 0 Å². The molecule has 0 heterocycles. The molecule has 15 heavy (non-hydrogen) atoms. The van der Waals surface area contributed by atoms with Crippen molar-refractivity contribution in [2.24, 2.45) is 5.73 Å². The molecule has 82 valence electrons. The summed E-state index contributed by atoms with van der Waals surface area (Å²) in [6.45, 7) is 0. The maximum Gasteiger partial charge on any atom is 0.136 e. The number of nitrogens with two attached hydrogens (primary N) is 1. The van der Waals surface area contributed by atoms with Gasteiger partial charge in [-0.05, 0) is 52.9 Å². The highest BCUT2D eigenvalue weighted by Crippen LogP contribution is 2.40. The zero-order valence-electron chi connectivity index (χ0n) is 8.52. The molecule has 1 saturated carbocycles. The third-order valence-electron chi connectivity index (χ3n) is 2.72. The number of rotatable bonds is 3. The van der Waals surface area contributed by atoms with Gasteiger partial charge in [-0.25, -0.2) is 4.39 Å². The summed E-state index contributed by atoms with van der Waals surface area (Å²) < 4.78 is 19.1. The second-order valence-corrected chi connectivity index (χ2v) is 4.97. The van der Waals surface area contributed by atoms with Crippen molar-refractivity contribution in [1.29, 1.82) is 0 Å². The van der Waals surface area contributed by atoms with Crippen LogP contribution >= 0.6 is 15.9 Å². The summed E-state index contributed by atoms with van der Waals surface area (Å²) >= 11 is 3.28. The van der Waals surface area contributed by atoms with Crippen LogP contribution < -0.4 is 10.5 Å². The molecule has 1 aliphatic carbocycles. The molecule has 1 aliphatic rings. The largest absolute Gasteiger partial charge is 0.495 e. The quantitative estimate of drug-likeness (QED) is 0.919. The first-order valence-electron chi connectivity index (χ1n) is 4.85. The number of methoxy groups -OCH3 is 1. The van der Waals surface area contributed by atoms with Crippen LogP contribution in [0.2, 0.25) is 0 Å². The summed E-state index contributed by atoms with van der Waals surface area (Å²) in [6, 6.07) is 2.90. The normalized spacial score (nSPS) is 17.6. The van der Waals surface area contributed by atoms with Crippen molar-refractivity contribution < 1.29 is 9.13 Å². The van der Waals surface area contributed by atoms with E-state index in [1.807, 2.05) is 0 Å². The van der Waals surface area contributed by atoms with Crippen LogP contribution in [0, 0.1) is 5.82 Å². The van der Waals surface area contributed by atoms with Gasteiger partial charge in [0.15, 0.2) is 0 Å². The van der Waals surface area contributed by atoms with Crippen LogP contribution in [0.3, 0.4) is 0 Å². The molecule has 1 aromatic rings. The second-order valence-electron chi connectivity index (χ2n) is 4.12. The molecule has 2 rings (SSSR count). The smallest absolute Gasteiger partial charge is 0.136 e. The Labute approximate surface area is 96.7 Å². The Balaban J connectivity index is 2.35. The van der Waals surface area contributed by atoms with Crippen molar-refractivity contribution >= 4 is 15.9 Å². The fraction of sp³-hybridized carbons (Fsp3) is 0.455. The lowest BCUT2D eigenvalue weighted by Crippen LogP contribution is -2.24. The molecule has 1 aromatic carbocycles. The van der Waals surface area contributed by atoms with E-state index in [0.717, 1.165) is 18.4 Å². The molecule has 0 atom stereocenters. The topological polar surface area (TPSA) is 35.2 Å². The van der Waals surface area contributed by atoms with Crippen LogP contribution in [-0.2, 0) is 6.42 Å². The van der Waals surface area contributed by atoms with Gasteiger partial charge in [-0.2, -0.15) is 0 Å². The van der Waals surface area contributed by atoms with E-state index in [9.17, 15) is 4.39 Å². The van der Waals surface area contributed by atoms with Crippen molar-refractivity contribution in [3.8, 4) is 5.75 Å². The predicted molar refractivity (Wildman–Crippen MR) is 60.5 cm³/mol. The van der Waals surface area contributed by atoms with Gasteiger partial charge in [-0.15, -0.1) is 0 Å². The van der Waals surface area contributed by atoms with Gasteiger partial charge >= 0.3 is 0 Å². The van der Waals surface area contributed by atoms with Gasteiger partial charge in [0.25, 0.3) is 0 Å². The van der Waals surface area contributed by atoms with Crippen molar-refractivity contribution in [2.75, 3.05) is 7.11 Å². The number of benzene rings is 1. The molecular formula is C11H13BrFNO. The minimum Gasteiger partial charge on any atom is -0.495 e. The fourth-order valence-electron chi connectivity index (χ4n) is 1.69. The van der Waals surface area contributed by atoms with E-state index >= 15 is 0 Å². The van der Waals surface area contributed by atoms with E-state index in [-0.39, 0.29) is 11.4 Å². The van der Waals surface area contributed by atoms with Crippen LogP contribution in [0.25, 0.3) is 0 Å². The summed E-state index contributed by atoms with van der Waals surface area (Å²) in [4.78, 5) is 0. The second kappa shape index (κ2) is 3.76. The van der Waals surface area contributed by atoms with Crippen LogP contribution in [-0.4, -0.2) is 12.6 Å². The van der Waals surface area contributed by atoms with Gasteiger partial charge in [-0.3, -0.25) is 0 Å². The molecule has 2 N–H and O–H groups in total. The molecule has 0 unspecified atom stereocenters. The van der Waals surface area contributed by atoms with Gasteiger partial charge in [0.1, 0.15) is 11.6 Å². The minimum atomic E-state index is -0.262. The van der Waals surface area contributed by atoms with Gasteiger partial charge in [0, 0.05) is 5.54 Å². The summed E-state index contributed by atoms with van der Waals surface area (Å²) in [5.41, 5.74) is 6.71. The maximum absolute atomic E-state index is 13.2.